The number of amides is 2. The average Bonchev–Trinajstić information content (AvgIpc) is 3.06. The van der Waals surface area contributed by atoms with Crippen LogP contribution in [0.5, 0.6) is 0 Å². The van der Waals surface area contributed by atoms with Crippen LogP contribution in [-0.2, 0) is 9.59 Å². The van der Waals surface area contributed by atoms with E-state index in [2.05, 4.69) is 10.2 Å². The maximum atomic E-state index is 13.0. The lowest BCUT2D eigenvalue weighted by molar-refractivity contribution is -0.126. The van der Waals surface area contributed by atoms with Crippen molar-refractivity contribution in [2.75, 3.05) is 31.1 Å². The van der Waals surface area contributed by atoms with Crippen molar-refractivity contribution in [1.82, 2.24) is 10.2 Å². The number of rotatable bonds is 4. The van der Waals surface area contributed by atoms with Crippen LogP contribution in [0.3, 0.4) is 0 Å². The number of anilines is 1. The molecule has 2 aromatic rings. The van der Waals surface area contributed by atoms with Crippen LogP contribution in [-0.4, -0.2) is 54.7 Å². The van der Waals surface area contributed by atoms with Gasteiger partial charge in [-0.05, 0) is 48.5 Å². The summed E-state index contributed by atoms with van der Waals surface area (Å²) in [6.45, 7) is 2.87. The SMILES string of the molecule is O=C1C[C@H](N2CCN(c3ccc(C(=O)c4ccc(F)cc4)cc3)CC2)C(=O)N1. The van der Waals surface area contributed by atoms with E-state index in [4.69, 9.17) is 0 Å². The molecule has 2 aliphatic heterocycles. The Morgan fingerprint density at radius 2 is 1.46 bits per heavy atom. The molecule has 2 aromatic carbocycles. The maximum Gasteiger partial charge on any atom is 0.244 e. The Labute approximate surface area is 161 Å². The molecule has 0 unspecified atom stereocenters. The molecule has 4 rings (SSSR count). The van der Waals surface area contributed by atoms with E-state index in [1.54, 1.807) is 12.1 Å². The minimum Gasteiger partial charge on any atom is -0.369 e. The van der Waals surface area contributed by atoms with E-state index in [9.17, 15) is 18.8 Å². The van der Waals surface area contributed by atoms with Crippen molar-refractivity contribution < 1.29 is 18.8 Å². The number of carbonyl (C=O) groups is 3. The third kappa shape index (κ3) is 3.66. The van der Waals surface area contributed by atoms with Crippen molar-refractivity contribution in [3.63, 3.8) is 0 Å². The molecule has 1 N–H and O–H groups in total. The number of piperazine rings is 1. The van der Waals surface area contributed by atoms with Crippen LogP contribution in [0.15, 0.2) is 48.5 Å². The zero-order chi connectivity index (χ0) is 19.7. The summed E-state index contributed by atoms with van der Waals surface area (Å²) in [7, 11) is 0. The van der Waals surface area contributed by atoms with Gasteiger partial charge in [0.2, 0.25) is 11.8 Å². The second kappa shape index (κ2) is 7.52. The highest BCUT2D eigenvalue weighted by Crippen LogP contribution is 2.21. The van der Waals surface area contributed by atoms with Crippen LogP contribution in [0, 0.1) is 5.82 Å². The van der Waals surface area contributed by atoms with Gasteiger partial charge in [-0.1, -0.05) is 0 Å². The molecule has 2 saturated heterocycles. The second-order valence-corrected chi connectivity index (χ2v) is 7.04. The first-order chi connectivity index (χ1) is 13.5. The normalized spacial score (nSPS) is 20.3. The zero-order valence-corrected chi connectivity index (χ0v) is 15.2. The smallest absolute Gasteiger partial charge is 0.244 e. The third-order valence-corrected chi connectivity index (χ3v) is 5.30. The van der Waals surface area contributed by atoms with Crippen LogP contribution in [0.4, 0.5) is 10.1 Å². The van der Waals surface area contributed by atoms with Crippen molar-refractivity contribution in [2.45, 2.75) is 12.5 Å². The number of nitrogens with one attached hydrogen (secondary N) is 1. The Morgan fingerprint density at radius 1 is 0.893 bits per heavy atom. The summed E-state index contributed by atoms with van der Waals surface area (Å²) in [4.78, 5) is 39.9. The first-order valence-electron chi connectivity index (χ1n) is 9.24. The summed E-state index contributed by atoms with van der Waals surface area (Å²) in [5.41, 5.74) is 2.00. The summed E-state index contributed by atoms with van der Waals surface area (Å²) < 4.78 is 13.0. The predicted molar refractivity (Wildman–Crippen MR) is 102 cm³/mol. The third-order valence-electron chi connectivity index (χ3n) is 5.30. The molecule has 2 aliphatic rings. The van der Waals surface area contributed by atoms with Gasteiger partial charge >= 0.3 is 0 Å². The standard InChI is InChI=1S/C21H20FN3O3/c22-16-5-1-14(2-6-16)20(27)15-3-7-17(8-4-15)24-9-11-25(12-10-24)18-13-19(26)23-21(18)28/h1-8,18H,9-13H2,(H,23,26,28)/t18-/m0/s1. The number of hydrogen-bond acceptors (Lipinski definition) is 5. The maximum absolute atomic E-state index is 13.0. The minimum atomic E-state index is -0.370. The van der Waals surface area contributed by atoms with Crippen molar-refractivity contribution in [3.05, 3.63) is 65.5 Å². The summed E-state index contributed by atoms with van der Waals surface area (Å²) in [5.74, 6) is -0.931. The summed E-state index contributed by atoms with van der Waals surface area (Å²) in [5, 5.41) is 2.35. The Balaban J connectivity index is 1.38. The van der Waals surface area contributed by atoms with Gasteiger partial charge in [0.05, 0.1) is 12.5 Å². The lowest BCUT2D eigenvalue weighted by Crippen LogP contribution is -2.52. The van der Waals surface area contributed by atoms with Gasteiger partial charge in [-0.15, -0.1) is 0 Å². The summed E-state index contributed by atoms with van der Waals surface area (Å²) >= 11 is 0. The van der Waals surface area contributed by atoms with E-state index < -0.39 is 0 Å². The van der Waals surface area contributed by atoms with Gasteiger partial charge in [0, 0.05) is 43.0 Å². The fourth-order valence-corrected chi connectivity index (χ4v) is 3.72. The molecule has 0 radical (unpaired) electrons. The first-order valence-corrected chi connectivity index (χ1v) is 9.24. The van der Waals surface area contributed by atoms with Gasteiger partial charge in [-0.2, -0.15) is 0 Å². The Hall–Kier alpha value is -3.06. The fraction of sp³-hybridized carbons (Fsp3) is 0.286. The van der Waals surface area contributed by atoms with Gasteiger partial charge < -0.3 is 4.90 Å². The van der Waals surface area contributed by atoms with E-state index in [1.165, 1.54) is 24.3 Å². The number of halogens is 1. The van der Waals surface area contributed by atoms with Crippen LogP contribution in [0.1, 0.15) is 22.3 Å². The highest BCUT2D eigenvalue weighted by Gasteiger charge is 2.36. The van der Waals surface area contributed by atoms with Crippen molar-refractivity contribution in [1.29, 1.82) is 0 Å². The molecular formula is C21H20FN3O3. The molecule has 144 valence electrons. The second-order valence-electron chi connectivity index (χ2n) is 7.04. The first kappa shape index (κ1) is 18.3. The summed E-state index contributed by atoms with van der Waals surface area (Å²) in [6.07, 6.45) is 0.235. The molecule has 7 heteroatoms. The molecule has 0 aliphatic carbocycles. The van der Waals surface area contributed by atoms with Crippen molar-refractivity contribution in [3.8, 4) is 0 Å². The number of carbonyl (C=O) groups excluding carboxylic acids is 3. The number of ketones is 1. The number of hydrogen-bond donors (Lipinski definition) is 1. The van der Waals surface area contributed by atoms with E-state index in [0.29, 0.717) is 24.2 Å². The molecule has 2 fully saturated rings. The van der Waals surface area contributed by atoms with Gasteiger partial charge in [0.1, 0.15) is 5.82 Å². The highest BCUT2D eigenvalue weighted by atomic mass is 19.1. The van der Waals surface area contributed by atoms with Gasteiger partial charge in [0.15, 0.2) is 5.78 Å². The van der Waals surface area contributed by atoms with E-state index in [0.717, 1.165) is 18.8 Å². The molecule has 0 aromatic heterocycles. The van der Waals surface area contributed by atoms with Crippen LogP contribution in [0.25, 0.3) is 0 Å². The lowest BCUT2D eigenvalue weighted by Gasteiger charge is -2.38. The zero-order valence-electron chi connectivity index (χ0n) is 15.2. The molecular weight excluding hydrogens is 361 g/mol. The molecule has 2 amide bonds. The average molecular weight is 381 g/mol. The largest absolute Gasteiger partial charge is 0.369 e. The topological polar surface area (TPSA) is 69.7 Å². The van der Waals surface area contributed by atoms with E-state index >= 15 is 0 Å². The Morgan fingerprint density at radius 3 is 2.00 bits per heavy atom. The summed E-state index contributed by atoms with van der Waals surface area (Å²) in [6, 6.07) is 12.5. The van der Waals surface area contributed by atoms with Gasteiger partial charge in [-0.25, -0.2) is 4.39 Å². The molecule has 6 nitrogen and oxygen atoms in total. The molecule has 0 saturated carbocycles. The van der Waals surface area contributed by atoms with Crippen LogP contribution >= 0.6 is 0 Å². The van der Waals surface area contributed by atoms with E-state index in [1.807, 2.05) is 17.0 Å². The van der Waals surface area contributed by atoms with Crippen LogP contribution in [0.2, 0.25) is 0 Å². The molecule has 0 bridgehead atoms. The highest BCUT2D eigenvalue weighted by molar-refractivity contribution is 6.09. The number of imide groups is 1. The lowest BCUT2D eigenvalue weighted by atomic mass is 10.0. The molecule has 2 heterocycles. The minimum absolute atomic E-state index is 0.145. The van der Waals surface area contributed by atoms with Crippen LogP contribution < -0.4 is 10.2 Å². The van der Waals surface area contributed by atoms with E-state index in [-0.39, 0.29) is 35.9 Å². The molecule has 28 heavy (non-hydrogen) atoms. The monoisotopic (exact) mass is 381 g/mol. The Bertz CT molecular complexity index is 903. The molecule has 0 spiro atoms. The Kier molecular flexibility index (Phi) is 4.92. The molecule has 1 atom stereocenters. The van der Waals surface area contributed by atoms with Crippen molar-refractivity contribution >= 4 is 23.3 Å². The van der Waals surface area contributed by atoms with Crippen molar-refractivity contribution in [2.24, 2.45) is 0 Å². The van der Waals surface area contributed by atoms with Gasteiger partial charge in [-0.3, -0.25) is 24.6 Å². The predicted octanol–water partition coefficient (Wildman–Crippen LogP) is 1.59. The number of nitrogens with zero attached hydrogens (tertiary/aromatic N) is 2. The quantitative estimate of drug-likeness (QED) is 0.644. The number of benzene rings is 2. The fourth-order valence-electron chi connectivity index (χ4n) is 3.72. The van der Waals surface area contributed by atoms with Gasteiger partial charge in [0.25, 0.3) is 0 Å².